The number of hydrogen-bond donors (Lipinski definition) is 0. The molecule has 1 fully saturated rings. The SMILES string of the molecule is CC(C)(C)c1cccc(S(=O)(=O)c2cc([N+](=O)[O-])ccc2OCC2CO2)c1. The molecule has 7 nitrogen and oxygen atoms in total. The maximum atomic E-state index is 13.2. The lowest BCUT2D eigenvalue weighted by molar-refractivity contribution is -0.385. The van der Waals surface area contributed by atoms with E-state index in [1.54, 1.807) is 12.1 Å². The smallest absolute Gasteiger partial charge is 0.271 e. The fraction of sp³-hybridized carbons (Fsp3) is 0.368. The molecule has 0 saturated carbocycles. The predicted molar refractivity (Wildman–Crippen MR) is 98.9 cm³/mol. The number of nitrogens with zero attached hydrogens (tertiary/aromatic N) is 1. The average Bonchev–Trinajstić information content (AvgIpc) is 3.43. The first kappa shape index (κ1) is 19.3. The van der Waals surface area contributed by atoms with Gasteiger partial charge in [-0.3, -0.25) is 10.1 Å². The molecule has 1 heterocycles. The summed E-state index contributed by atoms with van der Waals surface area (Å²) in [6.07, 6.45) is -0.0695. The molecule has 0 aliphatic carbocycles. The van der Waals surface area contributed by atoms with Crippen LogP contribution in [0.4, 0.5) is 5.69 Å². The number of rotatable bonds is 6. The normalized spacial score (nSPS) is 16.8. The summed E-state index contributed by atoms with van der Waals surface area (Å²) in [6.45, 7) is 6.70. The number of non-ortho nitro benzene ring substituents is 1. The van der Waals surface area contributed by atoms with E-state index in [-0.39, 0.29) is 39.4 Å². The molecule has 0 bridgehead atoms. The zero-order valence-electron chi connectivity index (χ0n) is 15.3. The minimum Gasteiger partial charge on any atom is -0.489 e. The summed E-state index contributed by atoms with van der Waals surface area (Å²) in [4.78, 5) is 10.4. The Kier molecular flexibility index (Phi) is 4.96. The van der Waals surface area contributed by atoms with Gasteiger partial charge < -0.3 is 9.47 Å². The third kappa shape index (κ3) is 4.28. The van der Waals surface area contributed by atoms with Gasteiger partial charge in [-0.15, -0.1) is 0 Å². The summed E-state index contributed by atoms with van der Waals surface area (Å²) in [7, 11) is -4.01. The highest BCUT2D eigenvalue weighted by Gasteiger charge is 2.29. The van der Waals surface area contributed by atoms with Crippen LogP contribution in [0.15, 0.2) is 52.3 Å². The number of ether oxygens (including phenoxy) is 2. The quantitative estimate of drug-likeness (QED) is 0.424. The van der Waals surface area contributed by atoms with Crippen LogP contribution >= 0.6 is 0 Å². The highest BCUT2D eigenvalue weighted by molar-refractivity contribution is 7.91. The van der Waals surface area contributed by atoms with E-state index >= 15 is 0 Å². The van der Waals surface area contributed by atoms with E-state index in [0.717, 1.165) is 11.6 Å². The van der Waals surface area contributed by atoms with Crippen molar-refractivity contribution in [3.05, 3.63) is 58.1 Å². The van der Waals surface area contributed by atoms with Crippen LogP contribution in [0.5, 0.6) is 5.75 Å². The molecule has 1 saturated heterocycles. The Morgan fingerprint density at radius 2 is 1.93 bits per heavy atom. The number of epoxide rings is 1. The summed E-state index contributed by atoms with van der Waals surface area (Å²) in [5.74, 6) is 0.0808. The number of nitro benzene ring substituents is 1. The summed E-state index contributed by atoms with van der Waals surface area (Å²) >= 11 is 0. The number of hydrogen-bond acceptors (Lipinski definition) is 6. The molecule has 1 atom stereocenters. The van der Waals surface area contributed by atoms with E-state index in [1.165, 1.54) is 18.2 Å². The second kappa shape index (κ2) is 6.94. The summed E-state index contributed by atoms with van der Waals surface area (Å²) in [6, 6.07) is 10.2. The number of benzene rings is 2. The first-order valence-corrected chi connectivity index (χ1v) is 9.96. The minimum absolute atomic E-state index is 0.0695. The summed E-state index contributed by atoms with van der Waals surface area (Å²) in [5, 5.41) is 11.1. The van der Waals surface area contributed by atoms with Gasteiger partial charge in [-0.1, -0.05) is 32.9 Å². The van der Waals surface area contributed by atoms with Gasteiger partial charge in [0.25, 0.3) is 5.69 Å². The lowest BCUT2D eigenvalue weighted by Gasteiger charge is -2.20. The summed E-state index contributed by atoms with van der Waals surface area (Å²) < 4.78 is 37.1. The molecule has 0 aromatic heterocycles. The Labute approximate surface area is 158 Å². The lowest BCUT2D eigenvalue weighted by atomic mass is 9.87. The second-order valence-corrected chi connectivity index (χ2v) is 9.35. The van der Waals surface area contributed by atoms with E-state index in [2.05, 4.69) is 0 Å². The Morgan fingerprint density at radius 3 is 2.52 bits per heavy atom. The topological polar surface area (TPSA) is 99.0 Å². The zero-order chi connectivity index (χ0) is 19.8. The van der Waals surface area contributed by atoms with E-state index in [1.807, 2.05) is 26.8 Å². The van der Waals surface area contributed by atoms with E-state index in [0.29, 0.717) is 6.61 Å². The first-order chi connectivity index (χ1) is 12.6. The average molecular weight is 391 g/mol. The van der Waals surface area contributed by atoms with Crippen molar-refractivity contribution in [2.24, 2.45) is 0 Å². The Morgan fingerprint density at radius 1 is 1.22 bits per heavy atom. The van der Waals surface area contributed by atoms with Crippen LogP contribution in [0.1, 0.15) is 26.3 Å². The van der Waals surface area contributed by atoms with Crippen LogP contribution in [0.2, 0.25) is 0 Å². The van der Waals surface area contributed by atoms with Gasteiger partial charge >= 0.3 is 0 Å². The van der Waals surface area contributed by atoms with Crippen LogP contribution < -0.4 is 4.74 Å². The van der Waals surface area contributed by atoms with Crippen LogP contribution in [-0.2, 0) is 20.0 Å². The highest BCUT2D eigenvalue weighted by atomic mass is 32.2. The van der Waals surface area contributed by atoms with Crippen molar-refractivity contribution in [1.29, 1.82) is 0 Å². The largest absolute Gasteiger partial charge is 0.489 e. The third-order valence-electron chi connectivity index (χ3n) is 4.27. The maximum absolute atomic E-state index is 13.2. The van der Waals surface area contributed by atoms with Crippen LogP contribution in [0.3, 0.4) is 0 Å². The molecule has 0 radical (unpaired) electrons. The summed E-state index contributed by atoms with van der Waals surface area (Å²) in [5.41, 5.74) is 0.301. The van der Waals surface area contributed by atoms with Gasteiger partial charge in [0, 0.05) is 12.1 Å². The third-order valence-corrected chi connectivity index (χ3v) is 6.04. The fourth-order valence-electron chi connectivity index (χ4n) is 2.54. The van der Waals surface area contributed by atoms with Crippen molar-refractivity contribution in [3.8, 4) is 5.75 Å². The van der Waals surface area contributed by atoms with E-state index in [9.17, 15) is 18.5 Å². The molecular formula is C19H21NO6S. The van der Waals surface area contributed by atoms with Gasteiger partial charge in [0.05, 0.1) is 16.4 Å². The number of sulfone groups is 1. The van der Waals surface area contributed by atoms with Crippen LogP contribution in [-0.4, -0.2) is 32.7 Å². The second-order valence-electron chi connectivity index (χ2n) is 7.44. The van der Waals surface area contributed by atoms with Gasteiger partial charge in [-0.2, -0.15) is 0 Å². The highest BCUT2D eigenvalue weighted by Crippen LogP contribution is 2.34. The fourth-order valence-corrected chi connectivity index (χ4v) is 4.00. The van der Waals surface area contributed by atoms with Crippen molar-refractivity contribution in [3.63, 3.8) is 0 Å². The van der Waals surface area contributed by atoms with Crippen molar-refractivity contribution < 1.29 is 22.8 Å². The zero-order valence-corrected chi connectivity index (χ0v) is 16.2. The molecule has 0 amide bonds. The van der Waals surface area contributed by atoms with Crippen molar-refractivity contribution >= 4 is 15.5 Å². The maximum Gasteiger partial charge on any atom is 0.271 e. The lowest BCUT2D eigenvalue weighted by Crippen LogP contribution is -2.13. The van der Waals surface area contributed by atoms with Gasteiger partial charge in [-0.05, 0) is 29.2 Å². The Hall–Kier alpha value is -2.45. The molecule has 8 heteroatoms. The Balaban J connectivity index is 2.08. The van der Waals surface area contributed by atoms with Gasteiger partial charge in [0.15, 0.2) is 0 Å². The standard InChI is InChI=1S/C19H21NO6S/c1-19(2,3)13-5-4-6-16(9-13)27(23,24)18-10-14(20(21)22)7-8-17(18)26-12-15-11-25-15/h4-10,15H,11-12H2,1-3H3. The molecule has 27 heavy (non-hydrogen) atoms. The van der Waals surface area contributed by atoms with Gasteiger partial charge in [0.2, 0.25) is 9.84 Å². The minimum atomic E-state index is -4.01. The van der Waals surface area contributed by atoms with Gasteiger partial charge in [0.1, 0.15) is 23.4 Å². The number of nitro groups is 1. The van der Waals surface area contributed by atoms with Crippen LogP contribution in [0.25, 0.3) is 0 Å². The molecule has 0 N–H and O–H groups in total. The molecule has 1 unspecified atom stereocenters. The molecule has 1 aliphatic heterocycles. The molecule has 2 aromatic rings. The Bertz CT molecular complexity index is 974. The predicted octanol–water partition coefficient (Wildman–Crippen LogP) is 3.50. The van der Waals surface area contributed by atoms with Gasteiger partial charge in [-0.25, -0.2) is 8.42 Å². The van der Waals surface area contributed by atoms with Crippen LogP contribution in [0, 0.1) is 10.1 Å². The molecule has 144 valence electrons. The van der Waals surface area contributed by atoms with E-state index in [4.69, 9.17) is 9.47 Å². The molecular weight excluding hydrogens is 370 g/mol. The van der Waals surface area contributed by atoms with E-state index < -0.39 is 14.8 Å². The van der Waals surface area contributed by atoms with Crippen molar-refractivity contribution in [2.75, 3.05) is 13.2 Å². The monoisotopic (exact) mass is 391 g/mol. The molecule has 2 aromatic carbocycles. The molecule has 3 rings (SSSR count). The van der Waals surface area contributed by atoms with Crippen molar-refractivity contribution in [2.45, 2.75) is 42.1 Å². The first-order valence-electron chi connectivity index (χ1n) is 8.47. The van der Waals surface area contributed by atoms with Crippen molar-refractivity contribution in [1.82, 2.24) is 0 Å². The molecule has 1 aliphatic rings. The molecule has 0 spiro atoms.